The zero-order chi connectivity index (χ0) is 19.0. The molecule has 3 aromatic rings. The minimum absolute atomic E-state index is 0. The summed E-state index contributed by atoms with van der Waals surface area (Å²) in [6.07, 6.45) is 1.56. The van der Waals surface area contributed by atoms with Crippen molar-refractivity contribution < 1.29 is 17.0 Å². The molecule has 0 aliphatic heterocycles. The van der Waals surface area contributed by atoms with E-state index in [2.05, 4.69) is 109 Å². The van der Waals surface area contributed by atoms with E-state index >= 15 is 0 Å². The second-order valence-corrected chi connectivity index (χ2v) is 10.4. The lowest BCUT2D eigenvalue weighted by atomic mass is 10.2. The maximum atomic E-state index is 8.95. The van der Waals surface area contributed by atoms with E-state index in [1.54, 1.807) is 0 Å². The molecule has 0 bridgehead atoms. The highest BCUT2D eigenvalue weighted by molar-refractivity contribution is 7.95. The maximum absolute atomic E-state index is 8.95. The highest BCUT2D eigenvalue weighted by atomic mass is 79.9. The van der Waals surface area contributed by atoms with E-state index in [0.717, 1.165) is 12.7 Å². The predicted molar refractivity (Wildman–Crippen MR) is 118 cm³/mol. The molecule has 144 valence electrons. The van der Waals surface area contributed by atoms with Gasteiger partial charge in [-0.25, -0.2) is 0 Å². The van der Waals surface area contributed by atoms with Crippen LogP contribution in [0.5, 0.6) is 0 Å². The normalized spacial score (nSPS) is 11.9. The number of benzene rings is 3. The Kier molecular flexibility index (Phi) is 8.87. The van der Waals surface area contributed by atoms with Gasteiger partial charge in [-0.3, -0.25) is 0 Å². The number of nitrogens with zero attached hydrogens (tertiary/aromatic N) is 1. The molecule has 0 fully saturated rings. The molecule has 0 saturated heterocycles. The van der Waals surface area contributed by atoms with Gasteiger partial charge in [-0.2, -0.15) is 5.26 Å². The van der Waals surface area contributed by atoms with Crippen molar-refractivity contribution in [2.24, 2.45) is 0 Å². The van der Waals surface area contributed by atoms with Crippen LogP contribution in [0.2, 0.25) is 0 Å². The first-order valence-corrected chi connectivity index (χ1v) is 11.4. The monoisotopic (exact) mass is 452 g/mol. The summed E-state index contributed by atoms with van der Waals surface area (Å²) in [6.45, 7) is 2.96. The Labute approximate surface area is 179 Å². The summed E-state index contributed by atoms with van der Waals surface area (Å²) in [5, 5.41) is 16.7. The quantitative estimate of drug-likeness (QED) is 0.515. The number of rotatable bonds is 8. The van der Waals surface area contributed by atoms with Crippen LogP contribution in [0.4, 0.5) is 0 Å². The van der Waals surface area contributed by atoms with Crippen LogP contribution >= 0.6 is 7.26 Å². The van der Waals surface area contributed by atoms with Gasteiger partial charge in [0.05, 0.1) is 18.7 Å². The van der Waals surface area contributed by atoms with Gasteiger partial charge >= 0.3 is 0 Å². The average Bonchev–Trinajstić information content (AvgIpc) is 2.73. The van der Waals surface area contributed by atoms with Gasteiger partial charge in [-0.05, 0) is 43.3 Å². The standard InChI is InChI=1S/C24H26N2P.BrH/c1-21(17-18-25)26-19-20-27(22-11-5-2-6-12-22,23-13-7-3-8-14-23)24-15-9-4-10-16-24;/h2-16,21,26H,17,19-20H2,1H3;1H/q+1;/p-1. The molecule has 3 rings (SSSR count). The fourth-order valence-corrected chi connectivity index (χ4v) is 7.75. The van der Waals surface area contributed by atoms with Gasteiger partial charge in [0.2, 0.25) is 0 Å². The molecule has 4 heteroatoms. The smallest absolute Gasteiger partial charge is 0.113 e. The third-order valence-corrected chi connectivity index (χ3v) is 9.36. The second-order valence-electron chi connectivity index (χ2n) is 6.76. The van der Waals surface area contributed by atoms with Crippen molar-refractivity contribution in [1.29, 1.82) is 5.26 Å². The van der Waals surface area contributed by atoms with E-state index < -0.39 is 7.26 Å². The van der Waals surface area contributed by atoms with Crippen LogP contribution in [0.25, 0.3) is 0 Å². The average molecular weight is 453 g/mol. The first-order valence-electron chi connectivity index (χ1n) is 9.42. The van der Waals surface area contributed by atoms with Crippen LogP contribution in [-0.2, 0) is 0 Å². The lowest BCUT2D eigenvalue weighted by Crippen LogP contribution is -3.00. The lowest BCUT2D eigenvalue weighted by Gasteiger charge is -2.28. The molecule has 3 aromatic carbocycles. The third-order valence-electron chi connectivity index (χ3n) is 4.93. The van der Waals surface area contributed by atoms with Crippen molar-refractivity contribution in [3.05, 3.63) is 91.0 Å². The summed E-state index contributed by atoms with van der Waals surface area (Å²) in [5.74, 6) is 0. The Hall–Kier alpha value is -1.98. The van der Waals surface area contributed by atoms with Crippen LogP contribution in [0.3, 0.4) is 0 Å². The van der Waals surface area contributed by atoms with Gasteiger partial charge in [0.1, 0.15) is 23.2 Å². The number of hydrogen-bond acceptors (Lipinski definition) is 2. The van der Waals surface area contributed by atoms with Crippen molar-refractivity contribution in [3.8, 4) is 6.07 Å². The summed E-state index contributed by atoms with van der Waals surface area (Å²) < 4.78 is 0. The van der Waals surface area contributed by atoms with E-state index in [4.69, 9.17) is 5.26 Å². The molecule has 2 nitrogen and oxygen atoms in total. The van der Waals surface area contributed by atoms with Crippen molar-refractivity contribution in [1.82, 2.24) is 5.32 Å². The molecule has 1 atom stereocenters. The number of nitrogens with one attached hydrogen (secondary N) is 1. The Balaban J connectivity index is 0.00000280. The van der Waals surface area contributed by atoms with Crippen molar-refractivity contribution in [2.75, 3.05) is 12.7 Å². The fraction of sp³-hybridized carbons (Fsp3) is 0.208. The molecule has 0 radical (unpaired) electrons. The van der Waals surface area contributed by atoms with Gasteiger partial charge in [0, 0.05) is 12.6 Å². The van der Waals surface area contributed by atoms with Gasteiger partial charge in [0.25, 0.3) is 0 Å². The van der Waals surface area contributed by atoms with Crippen LogP contribution in [0.15, 0.2) is 91.0 Å². The van der Waals surface area contributed by atoms with Gasteiger partial charge in [-0.15, -0.1) is 0 Å². The number of hydrogen-bond donors (Lipinski definition) is 1. The maximum Gasteiger partial charge on any atom is 0.113 e. The molecule has 0 heterocycles. The molecular weight excluding hydrogens is 427 g/mol. The molecule has 0 aliphatic carbocycles. The largest absolute Gasteiger partial charge is 1.00 e. The highest BCUT2D eigenvalue weighted by Gasteiger charge is 2.44. The third kappa shape index (κ3) is 5.09. The molecule has 1 unspecified atom stereocenters. The first-order chi connectivity index (χ1) is 13.3. The topological polar surface area (TPSA) is 35.8 Å². The minimum atomic E-state index is -1.77. The highest BCUT2D eigenvalue weighted by Crippen LogP contribution is 2.54. The van der Waals surface area contributed by atoms with Crippen LogP contribution < -0.4 is 38.2 Å². The van der Waals surface area contributed by atoms with E-state index in [-0.39, 0.29) is 23.0 Å². The zero-order valence-corrected chi connectivity index (χ0v) is 18.6. The number of nitriles is 1. The van der Waals surface area contributed by atoms with Crippen molar-refractivity contribution in [2.45, 2.75) is 19.4 Å². The lowest BCUT2D eigenvalue weighted by molar-refractivity contribution is -0.00000579. The molecule has 0 aromatic heterocycles. The van der Waals surface area contributed by atoms with Crippen LogP contribution in [0, 0.1) is 11.3 Å². The van der Waals surface area contributed by atoms with Crippen LogP contribution in [-0.4, -0.2) is 18.7 Å². The van der Waals surface area contributed by atoms with E-state index in [1.807, 2.05) is 0 Å². The Morgan fingerprint density at radius 3 is 1.54 bits per heavy atom. The number of halogens is 1. The van der Waals surface area contributed by atoms with Gasteiger partial charge < -0.3 is 22.3 Å². The molecular formula is C24H26BrN2P. The fourth-order valence-electron chi connectivity index (χ4n) is 3.57. The van der Waals surface area contributed by atoms with E-state index in [0.29, 0.717) is 6.42 Å². The van der Waals surface area contributed by atoms with Crippen molar-refractivity contribution in [3.63, 3.8) is 0 Å². The molecule has 0 saturated carbocycles. The summed E-state index contributed by atoms with van der Waals surface area (Å²) in [5.41, 5.74) is 0. The zero-order valence-electron chi connectivity index (χ0n) is 16.1. The predicted octanol–water partition coefficient (Wildman–Crippen LogP) is 0.876. The Morgan fingerprint density at radius 2 is 1.18 bits per heavy atom. The molecule has 28 heavy (non-hydrogen) atoms. The van der Waals surface area contributed by atoms with Crippen LogP contribution in [0.1, 0.15) is 13.3 Å². The Morgan fingerprint density at radius 1 is 0.786 bits per heavy atom. The summed E-state index contributed by atoms with van der Waals surface area (Å²) in [7, 11) is -1.77. The summed E-state index contributed by atoms with van der Waals surface area (Å²) in [4.78, 5) is 0. The summed E-state index contributed by atoms with van der Waals surface area (Å²) in [6, 6.07) is 35.2. The first kappa shape index (κ1) is 22.3. The van der Waals surface area contributed by atoms with E-state index in [1.165, 1.54) is 15.9 Å². The molecule has 1 N–H and O–H groups in total. The second kappa shape index (κ2) is 11.1. The SMILES string of the molecule is CC(CC#N)NCC[P+](c1ccccc1)(c1ccccc1)c1ccccc1.[Br-]. The van der Waals surface area contributed by atoms with Gasteiger partial charge in [0.15, 0.2) is 0 Å². The molecule has 0 amide bonds. The van der Waals surface area contributed by atoms with Gasteiger partial charge in [-0.1, -0.05) is 54.6 Å². The summed E-state index contributed by atoms with van der Waals surface area (Å²) >= 11 is 0. The Bertz CT molecular complexity index is 767. The van der Waals surface area contributed by atoms with E-state index in [9.17, 15) is 0 Å². The molecule has 0 spiro atoms. The minimum Gasteiger partial charge on any atom is -1.00 e. The molecule has 0 aliphatic rings. The van der Waals surface area contributed by atoms with Crippen molar-refractivity contribution >= 4 is 23.2 Å².